The van der Waals surface area contributed by atoms with Crippen LogP contribution in [0.5, 0.6) is 0 Å². The minimum atomic E-state index is 0.712. The first-order valence-electron chi connectivity index (χ1n) is 16.7. The van der Waals surface area contributed by atoms with Gasteiger partial charge in [-0.2, -0.15) is 0 Å². The smallest absolute Gasteiger partial charge is 0.160 e. The summed E-state index contributed by atoms with van der Waals surface area (Å²) in [5.41, 5.74) is 12.5. The van der Waals surface area contributed by atoms with E-state index in [9.17, 15) is 0 Å². The molecule has 0 amide bonds. The lowest BCUT2D eigenvalue weighted by molar-refractivity contribution is 1.18. The quantitative estimate of drug-likeness (QED) is 0.170. The van der Waals surface area contributed by atoms with E-state index in [1.54, 1.807) is 0 Å². The van der Waals surface area contributed by atoms with E-state index >= 15 is 0 Å². The summed E-state index contributed by atoms with van der Waals surface area (Å²) in [4.78, 5) is 19.3. The van der Waals surface area contributed by atoms with Crippen LogP contribution in [0.4, 0.5) is 0 Å². The van der Waals surface area contributed by atoms with Gasteiger partial charge in [-0.25, -0.2) is 15.0 Å². The first-order chi connectivity index (χ1) is 24.8. The molecule has 0 aliphatic rings. The number of aromatic nitrogens is 4. The monoisotopic (exact) mass is 638 g/mol. The molecule has 50 heavy (non-hydrogen) atoms. The van der Waals surface area contributed by atoms with Gasteiger partial charge in [0.05, 0.1) is 22.6 Å². The number of hydrogen-bond acceptors (Lipinski definition) is 4. The average Bonchev–Trinajstić information content (AvgIpc) is 3.21. The second-order valence-corrected chi connectivity index (χ2v) is 12.3. The molecule has 0 spiro atoms. The van der Waals surface area contributed by atoms with Gasteiger partial charge in [0, 0.05) is 50.8 Å². The average molecular weight is 639 g/mol. The van der Waals surface area contributed by atoms with Crippen LogP contribution < -0.4 is 0 Å². The van der Waals surface area contributed by atoms with Gasteiger partial charge in [-0.1, -0.05) is 140 Å². The predicted octanol–water partition coefficient (Wildman–Crippen LogP) is 11.6. The summed E-state index contributed by atoms with van der Waals surface area (Å²) < 4.78 is 0. The van der Waals surface area contributed by atoms with Crippen molar-refractivity contribution in [3.05, 3.63) is 182 Å². The molecule has 0 aliphatic heterocycles. The van der Waals surface area contributed by atoms with Crippen molar-refractivity contribution < 1.29 is 0 Å². The molecular formula is C46H30N4. The lowest BCUT2D eigenvalue weighted by Crippen LogP contribution is -1.95. The summed E-state index contributed by atoms with van der Waals surface area (Å²) in [5.74, 6) is 0.712. The molecule has 6 aromatic carbocycles. The van der Waals surface area contributed by atoms with Crippen molar-refractivity contribution in [3.63, 3.8) is 0 Å². The molecule has 4 nitrogen and oxygen atoms in total. The topological polar surface area (TPSA) is 51.6 Å². The Kier molecular flexibility index (Phi) is 7.45. The zero-order chi connectivity index (χ0) is 33.3. The van der Waals surface area contributed by atoms with Crippen LogP contribution in [0.1, 0.15) is 0 Å². The van der Waals surface area contributed by atoms with Gasteiger partial charge in [-0.15, -0.1) is 0 Å². The summed E-state index contributed by atoms with van der Waals surface area (Å²) in [5, 5.41) is 3.46. The van der Waals surface area contributed by atoms with Gasteiger partial charge in [0.15, 0.2) is 5.82 Å². The molecule has 0 N–H and O–H groups in total. The molecule has 234 valence electrons. The Hall–Kier alpha value is -6.78. The van der Waals surface area contributed by atoms with E-state index in [4.69, 9.17) is 15.0 Å². The normalized spacial score (nSPS) is 11.2. The van der Waals surface area contributed by atoms with E-state index < -0.39 is 0 Å². The molecule has 0 saturated heterocycles. The first-order valence-corrected chi connectivity index (χ1v) is 16.7. The molecule has 3 heterocycles. The predicted molar refractivity (Wildman–Crippen MR) is 205 cm³/mol. The van der Waals surface area contributed by atoms with Gasteiger partial charge in [0.2, 0.25) is 0 Å². The zero-order valence-corrected chi connectivity index (χ0v) is 27.1. The maximum absolute atomic E-state index is 5.12. The van der Waals surface area contributed by atoms with E-state index in [0.29, 0.717) is 5.82 Å². The van der Waals surface area contributed by atoms with E-state index in [1.165, 1.54) is 10.9 Å². The van der Waals surface area contributed by atoms with Crippen LogP contribution in [0, 0.1) is 0 Å². The maximum atomic E-state index is 5.12. The molecule has 0 fully saturated rings. The number of benzene rings is 6. The Bertz CT molecular complexity index is 2560. The van der Waals surface area contributed by atoms with Crippen molar-refractivity contribution in [2.75, 3.05) is 0 Å². The molecule has 9 rings (SSSR count). The molecule has 0 atom stereocenters. The van der Waals surface area contributed by atoms with Crippen LogP contribution >= 0.6 is 0 Å². The Morgan fingerprint density at radius 2 is 0.920 bits per heavy atom. The van der Waals surface area contributed by atoms with Gasteiger partial charge >= 0.3 is 0 Å². The third-order valence-corrected chi connectivity index (χ3v) is 9.19. The van der Waals surface area contributed by atoms with Crippen molar-refractivity contribution in [2.24, 2.45) is 0 Å². The fourth-order valence-corrected chi connectivity index (χ4v) is 6.74. The highest BCUT2D eigenvalue weighted by atomic mass is 14.9. The summed E-state index contributed by atoms with van der Waals surface area (Å²) in [6.07, 6.45) is 3.65. The Labute approximate surface area is 290 Å². The van der Waals surface area contributed by atoms with E-state index in [2.05, 4.69) is 126 Å². The van der Waals surface area contributed by atoms with Crippen LogP contribution in [0.25, 0.3) is 89.1 Å². The van der Waals surface area contributed by atoms with Gasteiger partial charge in [-0.05, 0) is 52.6 Å². The molecule has 0 bridgehead atoms. The molecule has 3 aromatic heterocycles. The molecule has 0 radical (unpaired) electrons. The summed E-state index contributed by atoms with van der Waals surface area (Å²) in [6.45, 7) is 0. The summed E-state index contributed by atoms with van der Waals surface area (Å²) in [6, 6.07) is 59.0. The van der Waals surface area contributed by atoms with E-state index in [0.717, 1.165) is 72.3 Å². The van der Waals surface area contributed by atoms with Crippen molar-refractivity contribution in [1.82, 2.24) is 19.9 Å². The van der Waals surface area contributed by atoms with E-state index in [1.807, 2.05) is 60.9 Å². The second-order valence-electron chi connectivity index (χ2n) is 12.3. The third-order valence-electron chi connectivity index (χ3n) is 9.19. The van der Waals surface area contributed by atoms with Crippen LogP contribution in [0.15, 0.2) is 182 Å². The largest absolute Gasteiger partial charge is 0.265 e. The Balaban J connectivity index is 1.12. The number of pyridine rings is 2. The zero-order valence-electron chi connectivity index (χ0n) is 27.1. The van der Waals surface area contributed by atoms with Gasteiger partial charge in [0.25, 0.3) is 0 Å². The maximum Gasteiger partial charge on any atom is 0.160 e. The third kappa shape index (κ3) is 5.49. The summed E-state index contributed by atoms with van der Waals surface area (Å²) in [7, 11) is 0. The van der Waals surface area contributed by atoms with Crippen molar-refractivity contribution >= 4 is 21.7 Å². The van der Waals surface area contributed by atoms with Crippen molar-refractivity contribution in [2.45, 2.75) is 0 Å². The Morgan fingerprint density at radius 3 is 1.68 bits per heavy atom. The molecule has 4 heteroatoms. The van der Waals surface area contributed by atoms with Crippen LogP contribution in [0.2, 0.25) is 0 Å². The van der Waals surface area contributed by atoms with Crippen molar-refractivity contribution in [3.8, 4) is 67.4 Å². The SMILES string of the molecule is c1ccc(-c2cc(-c3ccc(-c4cccc(-c5cccc6c(-c7ccncc7)nc7ccccc7c56)c4)cc3)nc(-c3ccccc3)n2)cc1. The minimum absolute atomic E-state index is 0.712. The fraction of sp³-hybridized carbons (Fsp3) is 0. The number of fused-ring (bicyclic) bond motifs is 3. The lowest BCUT2D eigenvalue weighted by atomic mass is 9.91. The highest BCUT2D eigenvalue weighted by Gasteiger charge is 2.15. The number of rotatable bonds is 6. The molecular weight excluding hydrogens is 609 g/mol. The summed E-state index contributed by atoms with van der Waals surface area (Å²) >= 11 is 0. The standard InChI is InChI=1S/C46H30N4/c1-3-11-32(12-4-1)42-30-43(50-46(49-42)35-13-5-2-6-14-35)33-23-21-31(22-24-33)36-15-9-16-37(29-36)38-18-10-19-40-44(38)39-17-7-8-20-41(39)48-45(40)34-25-27-47-28-26-34/h1-30H. The minimum Gasteiger partial charge on any atom is -0.265 e. The van der Waals surface area contributed by atoms with Gasteiger partial charge < -0.3 is 0 Å². The number of para-hydroxylation sites is 1. The van der Waals surface area contributed by atoms with E-state index in [-0.39, 0.29) is 0 Å². The van der Waals surface area contributed by atoms with Crippen molar-refractivity contribution in [1.29, 1.82) is 0 Å². The number of hydrogen-bond donors (Lipinski definition) is 0. The second kappa shape index (κ2) is 12.7. The fourth-order valence-electron chi connectivity index (χ4n) is 6.74. The Morgan fingerprint density at radius 1 is 0.340 bits per heavy atom. The molecule has 0 aliphatic carbocycles. The molecule has 0 unspecified atom stereocenters. The van der Waals surface area contributed by atoms with Gasteiger partial charge in [0.1, 0.15) is 0 Å². The van der Waals surface area contributed by atoms with Gasteiger partial charge in [-0.3, -0.25) is 4.98 Å². The lowest BCUT2D eigenvalue weighted by Gasteiger charge is -2.15. The van der Waals surface area contributed by atoms with Crippen LogP contribution in [-0.4, -0.2) is 19.9 Å². The van der Waals surface area contributed by atoms with Crippen LogP contribution in [-0.2, 0) is 0 Å². The highest BCUT2D eigenvalue weighted by molar-refractivity contribution is 6.17. The molecule has 0 saturated carbocycles. The molecule has 9 aromatic rings. The number of nitrogens with zero attached hydrogens (tertiary/aromatic N) is 4. The first kappa shape index (κ1) is 29.4. The highest BCUT2D eigenvalue weighted by Crippen LogP contribution is 2.39. The van der Waals surface area contributed by atoms with Crippen LogP contribution in [0.3, 0.4) is 0 Å².